The number of halogens is 1. The summed E-state index contributed by atoms with van der Waals surface area (Å²) >= 11 is 0. The van der Waals surface area contributed by atoms with Crippen molar-refractivity contribution >= 4 is 35.9 Å². The van der Waals surface area contributed by atoms with E-state index in [1.807, 2.05) is 14.0 Å². The Morgan fingerprint density at radius 2 is 1.75 bits per heavy atom. The van der Waals surface area contributed by atoms with Crippen LogP contribution >= 0.6 is 24.0 Å². The summed E-state index contributed by atoms with van der Waals surface area (Å²) in [6, 6.07) is 0.534. The zero-order chi connectivity index (χ0) is 19.8. The zero-order valence-electron chi connectivity index (χ0n) is 18.4. The third-order valence-corrected chi connectivity index (χ3v) is 6.15. The van der Waals surface area contributed by atoms with Crippen molar-refractivity contribution < 1.29 is 9.53 Å². The monoisotopic (exact) mass is 508 g/mol. The van der Waals surface area contributed by atoms with E-state index in [1.165, 1.54) is 25.9 Å². The number of likely N-dealkylation sites (tertiary alicyclic amines) is 2. The van der Waals surface area contributed by atoms with Crippen LogP contribution in [-0.4, -0.2) is 74.1 Å². The smallest absolute Gasteiger partial charge is 0.309 e. The van der Waals surface area contributed by atoms with Gasteiger partial charge in [-0.3, -0.25) is 14.7 Å². The van der Waals surface area contributed by atoms with Crippen LogP contribution in [0, 0.1) is 17.8 Å². The summed E-state index contributed by atoms with van der Waals surface area (Å²) < 4.78 is 5.17. The molecule has 0 amide bonds. The lowest BCUT2D eigenvalue weighted by Crippen LogP contribution is -2.53. The molecule has 0 aromatic rings. The van der Waals surface area contributed by atoms with Gasteiger partial charge in [0, 0.05) is 32.7 Å². The molecule has 7 heteroatoms. The number of hydrogen-bond acceptors (Lipinski definition) is 4. The zero-order valence-corrected chi connectivity index (χ0v) is 20.8. The molecule has 2 rings (SSSR count). The van der Waals surface area contributed by atoms with E-state index in [1.54, 1.807) is 0 Å². The van der Waals surface area contributed by atoms with Crippen molar-refractivity contribution in [1.29, 1.82) is 0 Å². The van der Waals surface area contributed by atoms with Gasteiger partial charge in [-0.1, -0.05) is 20.8 Å². The fourth-order valence-corrected chi connectivity index (χ4v) is 4.26. The van der Waals surface area contributed by atoms with Crippen molar-refractivity contribution in [2.75, 3.05) is 46.4 Å². The number of nitrogens with zero attached hydrogens (tertiary/aromatic N) is 3. The van der Waals surface area contributed by atoms with Gasteiger partial charge in [0.05, 0.1) is 12.5 Å². The van der Waals surface area contributed by atoms with Crippen molar-refractivity contribution in [3.8, 4) is 0 Å². The summed E-state index contributed by atoms with van der Waals surface area (Å²) in [5.74, 6) is 2.43. The number of rotatable bonds is 6. The predicted octanol–water partition coefficient (Wildman–Crippen LogP) is 3.21. The SMILES string of the molecule is CCOC(=O)C1CCN(C(=NC)NCC(C(C)C)N2CCC(C)CC2)CC1.I. The molecule has 1 unspecified atom stereocenters. The molecule has 2 aliphatic rings. The number of ether oxygens (including phenoxy) is 1. The van der Waals surface area contributed by atoms with Crippen molar-refractivity contribution in [1.82, 2.24) is 15.1 Å². The highest BCUT2D eigenvalue weighted by Gasteiger charge is 2.29. The topological polar surface area (TPSA) is 57.2 Å². The fourth-order valence-electron chi connectivity index (χ4n) is 4.26. The molecule has 1 atom stereocenters. The van der Waals surface area contributed by atoms with E-state index in [-0.39, 0.29) is 35.9 Å². The molecule has 2 heterocycles. The maximum Gasteiger partial charge on any atom is 0.309 e. The minimum atomic E-state index is -0.0423. The van der Waals surface area contributed by atoms with Crippen molar-refractivity contribution in [3.63, 3.8) is 0 Å². The van der Waals surface area contributed by atoms with Crippen LogP contribution in [0.5, 0.6) is 0 Å². The van der Waals surface area contributed by atoms with Crippen LogP contribution in [0.2, 0.25) is 0 Å². The molecule has 0 aromatic carbocycles. The van der Waals surface area contributed by atoms with Gasteiger partial charge in [-0.25, -0.2) is 0 Å². The van der Waals surface area contributed by atoms with Gasteiger partial charge in [-0.2, -0.15) is 0 Å². The van der Waals surface area contributed by atoms with Crippen LogP contribution in [-0.2, 0) is 9.53 Å². The third-order valence-electron chi connectivity index (χ3n) is 6.15. The average Bonchev–Trinajstić information content (AvgIpc) is 2.66. The highest BCUT2D eigenvalue weighted by atomic mass is 127. The Balaban J connectivity index is 0.00000392. The molecule has 0 radical (unpaired) electrons. The lowest BCUT2D eigenvalue weighted by atomic mass is 9.94. The van der Waals surface area contributed by atoms with Gasteiger partial charge in [-0.05, 0) is 57.5 Å². The molecule has 2 saturated heterocycles. The highest BCUT2D eigenvalue weighted by Crippen LogP contribution is 2.22. The average molecular weight is 508 g/mol. The number of esters is 1. The number of hydrogen-bond donors (Lipinski definition) is 1. The van der Waals surface area contributed by atoms with Gasteiger partial charge in [0.25, 0.3) is 0 Å². The minimum absolute atomic E-state index is 0. The molecule has 0 aliphatic carbocycles. The van der Waals surface area contributed by atoms with Gasteiger partial charge in [0.2, 0.25) is 0 Å². The van der Waals surface area contributed by atoms with Gasteiger partial charge >= 0.3 is 5.97 Å². The number of carbonyl (C=O) groups excluding carboxylic acids is 1. The Morgan fingerprint density at radius 1 is 1.14 bits per heavy atom. The van der Waals surface area contributed by atoms with Crippen molar-refractivity contribution in [2.45, 2.75) is 59.4 Å². The van der Waals surface area contributed by atoms with Crippen LogP contribution in [0.15, 0.2) is 4.99 Å². The van der Waals surface area contributed by atoms with Crippen LogP contribution in [0.3, 0.4) is 0 Å². The second kappa shape index (κ2) is 12.9. The molecule has 2 aliphatic heterocycles. The third kappa shape index (κ3) is 7.35. The molecule has 0 spiro atoms. The largest absolute Gasteiger partial charge is 0.466 e. The van der Waals surface area contributed by atoms with Crippen LogP contribution in [0.4, 0.5) is 0 Å². The molecule has 0 saturated carbocycles. The highest BCUT2D eigenvalue weighted by molar-refractivity contribution is 14.0. The first-order valence-electron chi connectivity index (χ1n) is 10.8. The van der Waals surface area contributed by atoms with E-state index in [4.69, 9.17) is 4.74 Å². The van der Waals surface area contributed by atoms with Gasteiger partial charge in [-0.15, -0.1) is 24.0 Å². The Hall–Kier alpha value is -0.570. The Kier molecular flexibility index (Phi) is 11.7. The van der Waals surface area contributed by atoms with E-state index in [0.717, 1.165) is 44.4 Å². The second-order valence-corrected chi connectivity index (χ2v) is 8.47. The molecule has 0 aromatic heterocycles. The normalized spacial score (nSPS) is 21.4. The summed E-state index contributed by atoms with van der Waals surface area (Å²) in [5.41, 5.74) is 0. The number of aliphatic imine (C=N–C) groups is 1. The van der Waals surface area contributed by atoms with Gasteiger partial charge < -0.3 is 15.0 Å². The van der Waals surface area contributed by atoms with Gasteiger partial charge in [0.15, 0.2) is 5.96 Å². The molecular formula is C21H41IN4O2. The summed E-state index contributed by atoms with van der Waals surface area (Å²) in [7, 11) is 1.85. The molecule has 1 N–H and O–H groups in total. The Bertz CT molecular complexity index is 485. The molecule has 164 valence electrons. The minimum Gasteiger partial charge on any atom is -0.466 e. The summed E-state index contributed by atoms with van der Waals surface area (Å²) in [6.45, 7) is 14.4. The second-order valence-electron chi connectivity index (χ2n) is 8.47. The first kappa shape index (κ1) is 25.5. The number of guanidine groups is 1. The van der Waals surface area contributed by atoms with Gasteiger partial charge in [0.1, 0.15) is 0 Å². The van der Waals surface area contributed by atoms with Crippen molar-refractivity contribution in [3.05, 3.63) is 0 Å². The molecule has 2 fully saturated rings. The molecule has 0 bridgehead atoms. The molecule has 6 nitrogen and oxygen atoms in total. The summed E-state index contributed by atoms with van der Waals surface area (Å²) in [4.78, 5) is 21.4. The first-order chi connectivity index (χ1) is 13.0. The quantitative estimate of drug-likeness (QED) is 0.259. The Labute approximate surface area is 188 Å². The van der Waals surface area contributed by atoms with E-state index in [2.05, 4.69) is 40.9 Å². The number of piperidine rings is 2. The fraction of sp³-hybridized carbons (Fsp3) is 0.905. The standard InChI is InChI=1S/C21H40N4O2.HI/c1-6-27-20(26)18-9-13-25(14-10-18)21(22-5)23-15-19(16(2)3)24-11-7-17(4)8-12-24;/h16-19H,6-15H2,1-5H3,(H,22,23);1H. The van der Waals surface area contributed by atoms with Crippen molar-refractivity contribution in [2.24, 2.45) is 22.7 Å². The van der Waals surface area contributed by atoms with Crippen LogP contribution in [0.25, 0.3) is 0 Å². The maximum atomic E-state index is 11.9. The van der Waals surface area contributed by atoms with E-state index in [9.17, 15) is 4.79 Å². The number of carbonyl (C=O) groups is 1. The Morgan fingerprint density at radius 3 is 2.25 bits per heavy atom. The molecule has 28 heavy (non-hydrogen) atoms. The lowest BCUT2D eigenvalue weighted by Gasteiger charge is -2.40. The van der Waals surface area contributed by atoms with Crippen LogP contribution < -0.4 is 5.32 Å². The summed E-state index contributed by atoms with van der Waals surface area (Å²) in [5, 5.41) is 3.62. The molecular weight excluding hydrogens is 467 g/mol. The van der Waals surface area contributed by atoms with Crippen LogP contribution in [0.1, 0.15) is 53.4 Å². The van der Waals surface area contributed by atoms with E-state index in [0.29, 0.717) is 18.6 Å². The maximum absolute atomic E-state index is 11.9. The van der Waals surface area contributed by atoms with E-state index < -0.39 is 0 Å². The number of nitrogens with one attached hydrogen (secondary N) is 1. The predicted molar refractivity (Wildman–Crippen MR) is 126 cm³/mol. The lowest BCUT2D eigenvalue weighted by molar-refractivity contribution is -0.149. The first-order valence-corrected chi connectivity index (χ1v) is 10.8. The summed E-state index contributed by atoms with van der Waals surface area (Å²) in [6.07, 6.45) is 4.30. The van der Waals surface area contributed by atoms with E-state index >= 15 is 0 Å².